The monoisotopic (exact) mass is 230 g/mol. The molecule has 0 aromatic carbocycles. The van der Waals surface area contributed by atoms with Crippen molar-refractivity contribution in [2.75, 3.05) is 0 Å². The second-order valence-electron chi connectivity index (χ2n) is 3.29. The van der Waals surface area contributed by atoms with Crippen LogP contribution in [0.5, 0.6) is 5.75 Å². The van der Waals surface area contributed by atoms with Crippen molar-refractivity contribution < 1.29 is 14.2 Å². The quantitative estimate of drug-likeness (QED) is 0.795. The summed E-state index contributed by atoms with van der Waals surface area (Å²) in [6, 6.07) is 3.63. The first-order valence-corrected chi connectivity index (χ1v) is 4.99. The Morgan fingerprint density at radius 1 is 1.47 bits per heavy atom. The summed E-state index contributed by atoms with van der Waals surface area (Å²) >= 11 is 0. The molecule has 0 radical (unpaired) electrons. The minimum absolute atomic E-state index is 0.365. The van der Waals surface area contributed by atoms with Crippen LogP contribution in [0.1, 0.15) is 12.5 Å². The molecule has 1 atom stereocenters. The average molecular weight is 230 g/mol. The van der Waals surface area contributed by atoms with Gasteiger partial charge in [0, 0.05) is 6.20 Å². The first-order valence-electron chi connectivity index (χ1n) is 4.99. The van der Waals surface area contributed by atoms with Crippen LogP contribution in [0.25, 0.3) is 0 Å². The molecule has 2 heterocycles. The van der Waals surface area contributed by atoms with Gasteiger partial charge in [0.2, 0.25) is 0 Å². The minimum Gasteiger partial charge on any atom is -0.480 e. The first kappa shape index (κ1) is 11.0. The summed E-state index contributed by atoms with van der Waals surface area (Å²) in [5, 5.41) is 8.90. The summed E-state index contributed by atoms with van der Waals surface area (Å²) in [5.41, 5.74) is 0.430. The van der Waals surface area contributed by atoms with Gasteiger partial charge in [0.15, 0.2) is 17.6 Å². The van der Waals surface area contributed by atoms with E-state index < -0.39 is 0 Å². The van der Waals surface area contributed by atoms with E-state index in [2.05, 4.69) is 4.98 Å². The zero-order valence-electron chi connectivity index (χ0n) is 9.16. The Morgan fingerprint density at radius 3 is 3.06 bits per heavy atom. The Labute approximate surface area is 98.6 Å². The average Bonchev–Trinajstić information content (AvgIpc) is 2.40. The second-order valence-corrected chi connectivity index (χ2v) is 3.29. The highest BCUT2D eigenvalue weighted by atomic mass is 16.6. The zero-order chi connectivity index (χ0) is 12.1. The lowest BCUT2D eigenvalue weighted by Gasteiger charge is -2.18. The lowest BCUT2D eigenvalue weighted by molar-refractivity contribution is 0.151. The number of ether oxygens (including phenoxy) is 3. The fourth-order valence-electron chi connectivity index (χ4n) is 1.28. The van der Waals surface area contributed by atoms with Crippen LogP contribution in [0.15, 0.2) is 43.0 Å². The molecule has 0 bridgehead atoms. The number of aromatic nitrogens is 1. The number of rotatable bonds is 3. The molecule has 0 amide bonds. The molecular formula is C12H10N2O3. The molecule has 5 nitrogen and oxygen atoms in total. The Bertz CT molecular complexity index is 503. The second kappa shape index (κ2) is 5.03. The van der Waals surface area contributed by atoms with Crippen LogP contribution in [0, 0.1) is 11.3 Å². The fourth-order valence-corrected chi connectivity index (χ4v) is 1.28. The molecule has 0 saturated carbocycles. The molecule has 2 rings (SSSR count). The van der Waals surface area contributed by atoms with Gasteiger partial charge in [-0.2, -0.15) is 5.26 Å². The van der Waals surface area contributed by atoms with Crippen LogP contribution in [0.4, 0.5) is 0 Å². The predicted octanol–water partition coefficient (Wildman–Crippen LogP) is 2.08. The van der Waals surface area contributed by atoms with Crippen molar-refractivity contribution in [2.45, 2.75) is 13.0 Å². The van der Waals surface area contributed by atoms with Crippen LogP contribution in [0.3, 0.4) is 0 Å². The summed E-state index contributed by atoms with van der Waals surface area (Å²) in [6.07, 6.45) is 6.96. The molecule has 0 saturated heterocycles. The van der Waals surface area contributed by atoms with Crippen LogP contribution >= 0.6 is 0 Å². The van der Waals surface area contributed by atoms with Gasteiger partial charge >= 0.3 is 0 Å². The molecular weight excluding hydrogens is 220 g/mol. The van der Waals surface area contributed by atoms with Gasteiger partial charge in [-0.3, -0.25) is 4.98 Å². The van der Waals surface area contributed by atoms with Gasteiger partial charge in [-0.05, 0) is 13.0 Å². The smallest absolute Gasteiger partial charge is 0.178 e. The molecule has 1 aromatic rings. The molecule has 1 unspecified atom stereocenters. The van der Waals surface area contributed by atoms with Crippen molar-refractivity contribution in [1.29, 1.82) is 5.26 Å². The molecule has 1 aliphatic heterocycles. The number of hydrogen-bond acceptors (Lipinski definition) is 5. The number of nitrogens with zero attached hydrogens (tertiary/aromatic N) is 2. The van der Waals surface area contributed by atoms with E-state index in [-0.39, 0.29) is 6.10 Å². The highest BCUT2D eigenvalue weighted by Crippen LogP contribution is 2.20. The summed E-state index contributed by atoms with van der Waals surface area (Å²) in [4.78, 5) is 3.91. The summed E-state index contributed by atoms with van der Waals surface area (Å²) in [7, 11) is 0. The number of hydrogen-bond donors (Lipinski definition) is 0. The Kier molecular flexibility index (Phi) is 3.26. The molecule has 0 spiro atoms. The van der Waals surface area contributed by atoms with Crippen molar-refractivity contribution in [2.24, 2.45) is 0 Å². The molecule has 1 aliphatic rings. The van der Waals surface area contributed by atoms with Gasteiger partial charge in [0.1, 0.15) is 24.9 Å². The SMILES string of the molecule is CC(Oc1cnccc1C#N)C1=COC=CO1. The minimum atomic E-state index is -0.365. The molecule has 1 aromatic heterocycles. The highest BCUT2D eigenvalue weighted by Gasteiger charge is 2.16. The van der Waals surface area contributed by atoms with Crippen molar-refractivity contribution in [3.63, 3.8) is 0 Å². The van der Waals surface area contributed by atoms with Crippen LogP contribution in [0.2, 0.25) is 0 Å². The molecule has 17 heavy (non-hydrogen) atoms. The van der Waals surface area contributed by atoms with E-state index in [4.69, 9.17) is 19.5 Å². The summed E-state index contributed by atoms with van der Waals surface area (Å²) in [6.45, 7) is 1.79. The third-order valence-electron chi connectivity index (χ3n) is 2.13. The van der Waals surface area contributed by atoms with E-state index in [0.717, 1.165) is 0 Å². The first-order chi connectivity index (χ1) is 8.31. The normalized spacial score (nSPS) is 14.9. The van der Waals surface area contributed by atoms with Gasteiger partial charge in [0.25, 0.3) is 0 Å². The van der Waals surface area contributed by atoms with Crippen LogP contribution in [-0.2, 0) is 9.47 Å². The van der Waals surface area contributed by atoms with Crippen LogP contribution in [-0.4, -0.2) is 11.1 Å². The fraction of sp³-hybridized carbons (Fsp3) is 0.167. The van der Waals surface area contributed by atoms with E-state index >= 15 is 0 Å². The lowest BCUT2D eigenvalue weighted by atomic mass is 10.2. The van der Waals surface area contributed by atoms with Gasteiger partial charge in [0.05, 0.1) is 11.8 Å². The standard InChI is InChI=1S/C12H10N2O3/c1-9(12-8-15-4-5-16-12)17-11-7-14-3-2-10(11)6-13/h2-5,7-9H,1H3. The molecule has 0 N–H and O–H groups in total. The summed E-state index contributed by atoms with van der Waals surface area (Å²) in [5.74, 6) is 0.946. The molecule has 5 heteroatoms. The Morgan fingerprint density at radius 2 is 2.35 bits per heavy atom. The molecule has 86 valence electrons. The number of nitriles is 1. The van der Waals surface area contributed by atoms with Crippen molar-refractivity contribution >= 4 is 0 Å². The van der Waals surface area contributed by atoms with Crippen molar-refractivity contribution in [3.8, 4) is 11.8 Å². The van der Waals surface area contributed by atoms with Gasteiger partial charge in [-0.25, -0.2) is 0 Å². The Balaban J connectivity index is 2.10. The van der Waals surface area contributed by atoms with Gasteiger partial charge in [-0.1, -0.05) is 0 Å². The van der Waals surface area contributed by atoms with Crippen molar-refractivity contribution in [1.82, 2.24) is 4.98 Å². The third kappa shape index (κ3) is 2.55. The maximum Gasteiger partial charge on any atom is 0.178 e. The number of pyridine rings is 1. The third-order valence-corrected chi connectivity index (χ3v) is 2.13. The van der Waals surface area contributed by atoms with E-state index in [1.165, 1.54) is 31.2 Å². The van der Waals surface area contributed by atoms with Gasteiger partial charge < -0.3 is 14.2 Å². The Hall–Kier alpha value is -2.48. The maximum absolute atomic E-state index is 8.90. The lowest BCUT2D eigenvalue weighted by Crippen LogP contribution is -2.18. The predicted molar refractivity (Wildman–Crippen MR) is 58.4 cm³/mol. The van der Waals surface area contributed by atoms with Crippen molar-refractivity contribution in [3.05, 3.63) is 48.6 Å². The van der Waals surface area contributed by atoms with E-state index in [1.807, 2.05) is 6.07 Å². The topological polar surface area (TPSA) is 64.4 Å². The van der Waals surface area contributed by atoms with E-state index in [0.29, 0.717) is 17.1 Å². The van der Waals surface area contributed by atoms with E-state index in [9.17, 15) is 0 Å². The highest BCUT2D eigenvalue weighted by molar-refractivity contribution is 5.40. The van der Waals surface area contributed by atoms with Gasteiger partial charge in [-0.15, -0.1) is 0 Å². The van der Waals surface area contributed by atoms with Crippen LogP contribution < -0.4 is 4.74 Å². The molecule has 0 fully saturated rings. The van der Waals surface area contributed by atoms with E-state index in [1.54, 1.807) is 13.0 Å². The summed E-state index contributed by atoms with van der Waals surface area (Å²) < 4.78 is 15.8. The molecule has 0 aliphatic carbocycles. The maximum atomic E-state index is 8.90. The zero-order valence-corrected chi connectivity index (χ0v) is 9.16. The largest absolute Gasteiger partial charge is 0.480 e.